The van der Waals surface area contributed by atoms with Crippen molar-refractivity contribution in [3.05, 3.63) is 35.5 Å². The number of esters is 1. The second-order valence-corrected chi connectivity index (χ2v) is 9.69. The molecule has 0 aromatic heterocycles. The zero-order valence-electron chi connectivity index (χ0n) is 17.5. The van der Waals surface area contributed by atoms with Gasteiger partial charge in [0.15, 0.2) is 17.2 Å². The van der Waals surface area contributed by atoms with Crippen LogP contribution in [0.4, 0.5) is 0 Å². The molecule has 28 heavy (non-hydrogen) atoms. The van der Waals surface area contributed by atoms with Crippen molar-refractivity contribution in [3.63, 3.8) is 0 Å². The van der Waals surface area contributed by atoms with E-state index in [1.165, 1.54) is 12.5 Å². The Balaban J connectivity index is 1.80. The number of hydrogen-bond acceptors (Lipinski definition) is 4. The van der Waals surface area contributed by atoms with Crippen molar-refractivity contribution in [3.8, 4) is 0 Å². The van der Waals surface area contributed by atoms with Crippen molar-refractivity contribution < 1.29 is 19.1 Å². The maximum absolute atomic E-state index is 12.8. The van der Waals surface area contributed by atoms with E-state index in [4.69, 9.17) is 4.74 Å². The van der Waals surface area contributed by atoms with Gasteiger partial charge in [-0.1, -0.05) is 31.6 Å². The standard InChI is InChI=1S/C24H30O4/c1-14-12-18-19(22(4)9-6-17(27)13-21(14)22)7-10-23(5)20(18)8-11-24(23,15(2)25)28-16(3)26/h6,9,12-13,18-20H,7-8,10-11H2,1-5H3/t18?,19?,20?,22?,23?,24-/m0/s1. The molecule has 2 saturated carbocycles. The minimum absolute atomic E-state index is 0.0300. The Morgan fingerprint density at radius 2 is 1.79 bits per heavy atom. The molecule has 0 amide bonds. The van der Waals surface area contributed by atoms with Crippen LogP contribution in [0.5, 0.6) is 0 Å². The summed E-state index contributed by atoms with van der Waals surface area (Å²) in [5.74, 6) is 0.651. The van der Waals surface area contributed by atoms with Crippen LogP contribution in [0.2, 0.25) is 0 Å². The highest BCUT2D eigenvalue weighted by Gasteiger charge is 2.67. The van der Waals surface area contributed by atoms with E-state index in [0.717, 1.165) is 24.8 Å². The lowest BCUT2D eigenvalue weighted by atomic mass is 9.48. The minimum Gasteiger partial charge on any atom is -0.451 e. The SMILES string of the molecule is CC(=O)O[C@]1(C(C)=O)CCC2C3C=C(C)C4=CC(=O)C=CC4(C)C3CCC21C. The van der Waals surface area contributed by atoms with Crippen LogP contribution in [0, 0.1) is 28.6 Å². The van der Waals surface area contributed by atoms with Crippen molar-refractivity contribution in [2.24, 2.45) is 28.6 Å². The molecule has 4 aliphatic rings. The smallest absolute Gasteiger partial charge is 0.303 e. The predicted molar refractivity (Wildman–Crippen MR) is 106 cm³/mol. The van der Waals surface area contributed by atoms with Crippen molar-refractivity contribution in [2.75, 3.05) is 0 Å². The number of hydrogen-bond donors (Lipinski definition) is 0. The average Bonchev–Trinajstić information content (AvgIpc) is 2.90. The molecule has 0 heterocycles. The van der Waals surface area contributed by atoms with E-state index in [1.54, 1.807) is 19.1 Å². The van der Waals surface area contributed by atoms with Crippen LogP contribution < -0.4 is 0 Å². The first-order valence-corrected chi connectivity index (χ1v) is 10.4. The third-order valence-corrected chi connectivity index (χ3v) is 8.44. The van der Waals surface area contributed by atoms with E-state index in [2.05, 4.69) is 32.9 Å². The van der Waals surface area contributed by atoms with Gasteiger partial charge in [-0.2, -0.15) is 0 Å². The Morgan fingerprint density at radius 1 is 1.11 bits per heavy atom. The molecule has 150 valence electrons. The van der Waals surface area contributed by atoms with Crippen LogP contribution in [0.25, 0.3) is 0 Å². The molecule has 0 radical (unpaired) electrons. The number of carbonyl (C=O) groups excluding carboxylic acids is 3. The maximum atomic E-state index is 12.8. The Bertz CT molecular complexity index is 862. The number of Topliss-reactive ketones (excluding diaryl/α,β-unsaturated/α-hetero) is 1. The first-order chi connectivity index (χ1) is 13.0. The summed E-state index contributed by atoms with van der Waals surface area (Å²) >= 11 is 0. The Labute approximate surface area is 167 Å². The second-order valence-electron chi connectivity index (χ2n) is 9.69. The molecule has 0 aliphatic heterocycles. The van der Waals surface area contributed by atoms with Crippen LogP contribution in [0.3, 0.4) is 0 Å². The molecule has 0 aromatic carbocycles. The van der Waals surface area contributed by atoms with Crippen molar-refractivity contribution in [1.29, 1.82) is 0 Å². The Kier molecular flexibility index (Phi) is 4.16. The summed E-state index contributed by atoms with van der Waals surface area (Å²) in [4.78, 5) is 36.6. The predicted octanol–water partition coefficient (Wildman–Crippen LogP) is 4.35. The maximum Gasteiger partial charge on any atom is 0.303 e. The van der Waals surface area contributed by atoms with Gasteiger partial charge in [0, 0.05) is 17.8 Å². The van der Waals surface area contributed by atoms with E-state index in [-0.39, 0.29) is 34.3 Å². The quantitative estimate of drug-likeness (QED) is 0.666. The molecule has 4 aliphatic carbocycles. The lowest BCUT2D eigenvalue weighted by Crippen LogP contribution is -2.58. The summed E-state index contributed by atoms with van der Waals surface area (Å²) in [5, 5.41) is 0. The molecule has 2 fully saturated rings. The van der Waals surface area contributed by atoms with E-state index >= 15 is 0 Å². The second kappa shape index (κ2) is 6.01. The molecule has 0 bridgehead atoms. The van der Waals surface area contributed by atoms with Gasteiger partial charge in [-0.15, -0.1) is 0 Å². The third-order valence-electron chi connectivity index (χ3n) is 8.44. The number of ether oxygens (including phenoxy) is 1. The monoisotopic (exact) mass is 382 g/mol. The van der Waals surface area contributed by atoms with Gasteiger partial charge in [0.1, 0.15) is 0 Å². The lowest BCUT2D eigenvalue weighted by molar-refractivity contribution is -0.184. The van der Waals surface area contributed by atoms with Crippen molar-refractivity contribution >= 4 is 17.5 Å². The summed E-state index contributed by atoms with van der Waals surface area (Å²) < 4.78 is 5.81. The Hall–Kier alpha value is -1.97. The average molecular weight is 383 g/mol. The van der Waals surface area contributed by atoms with Gasteiger partial charge in [0.2, 0.25) is 0 Å². The van der Waals surface area contributed by atoms with Gasteiger partial charge in [0.05, 0.1) is 0 Å². The fourth-order valence-corrected chi connectivity index (χ4v) is 7.12. The highest BCUT2D eigenvalue weighted by atomic mass is 16.6. The number of allylic oxidation sites excluding steroid dienone is 6. The van der Waals surface area contributed by atoms with Crippen LogP contribution in [0.1, 0.15) is 60.3 Å². The lowest BCUT2D eigenvalue weighted by Gasteiger charge is -2.57. The summed E-state index contributed by atoms with van der Waals surface area (Å²) in [6, 6.07) is 0. The summed E-state index contributed by atoms with van der Waals surface area (Å²) in [6.45, 7) is 9.47. The fraction of sp³-hybridized carbons (Fsp3) is 0.625. The van der Waals surface area contributed by atoms with Crippen LogP contribution >= 0.6 is 0 Å². The number of rotatable bonds is 2. The normalized spacial score (nSPS) is 44.0. The van der Waals surface area contributed by atoms with E-state index in [1.807, 2.05) is 0 Å². The topological polar surface area (TPSA) is 60.4 Å². The van der Waals surface area contributed by atoms with Gasteiger partial charge in [0.25, 0.3) is 0 Å². The zero-order chi connectivity index (χ0) is 20.5. The molecule has 0 saturated heterocycles. The molecule has 4 rings (SSSR count). The van der Waals surface area contributed by atoms with Gasteiger partial charge in [-0.25, -0.2) is 0 Å². The highest BCUT2D eigenvalue weighted by Crippen LogP contribution is 2.67. The van der Waals surface area contributed by atoms with Gasteiger partial charge >= 0.3 is 5.97 Å². The molecular weight excluding hydrogens is 352 g/mol. The van der Waals surface area contributed by atoms with Gasteiger partial charge in [-0.3, -0.25) is 14.4 Å². The van der Waals surface area contributed by atoms with E-state index < -0.39 is 5.60 Å². The number of carbonyl (C=O) groups is 3. The number of fused-ring (bicyclic) bond motifs is 5. The first-order valence-electron chi connectivity index (χ1n) is 10.4. The fourth-order valence-electron chi connectivity index (χ4n) is 7.12. The van der Waals surface area contributed by atoms with Crippen LogP contribution in [-0.4, -0.2) is 23.1 Å². The molecular formula is C24H30O4. The molecule has 5 unspecified atom stereocenters. The molecule has 0 aromatic rings. The molecule has 0 spiro atoms. The zero-order valence-corrected chi connectivity index (χ0v) is 17.5. The van der Waals surface area contributed by atoms with Gasteiger partial charge < -0.3 is 4.74 Å². The van der Waals surface area contributed by atoms with Crippen LogP contribution in [-0.2, 0) is 19.1 Å². The molecule has 4 nitrogen and oxygen atoms in total. The van der Waals surface area contributed by atoms with Crippen molar-refractivity contribution in [2.45, 2.75) is 65.9 Å². The largest absolute Gasteiger partial charge is 0.451 e. The van der Waals surface area contributed by atoms with E-state index in [9.17, 15) is 14.4 Å². The van der Waals surface area contributed by atoms with Gasteiger partial charge in [-0.05, 0) is 75.0 Å². The molecule has 4 heteroatoms. The summed E-state index contributed by atoms with van der Waals surface area (Å²) in [5.41, 5.74) is 0.792. The molecule has 6 atom stereocenters. The first kappa shape index (κ1) is 19.4. The number of ketones is 2. The molecule has 0 N–H and O–H groups in total. The Morgan fingerprint density at radius 3 is 2.43 bits per heavy atom. The van der Waals surface area contributed by atoms with Crippen molar-refractivity contribution in [1.82, 2.24) is 0 Å². The van der Waals surface area contributed by atoms with Crippen LogP contribution in [0.15, 0.2) is 35.5 Å². The third kappa shape index (κ3) is 2.33. The summed E-state index contributed by atoms with van der Waals surface area (Å²) in [6.07, 6.45) is 11.2. The highest BCUT2D eigenvalue weighted by molar-refractivity contribution is 6.02. The van der Waals surface area contributed by atoms with E-state index in [0.29, 0.717) is 18.3 Å². The minimum atomic E-state index is -1.01. The summed E-state index contributed by atoms with van der Waals surface area (Å²) in [7, 11) is 0.